The molecule has 3 N–H and O–H groups in total. The van der Waals surface area contributed by atoms with Gasteiger partial charge in [-0.3, -0.25) is 9.78 Å². The highest BCUT2D eigenvalue weighted by molar-refractivity contribution is 6.09. The van der Waals surface area contributed by atoms with Gasteiger partial charge in [0.15, 0.2) is 0 Å². The lowest BCUT2D eigenvalue weighted by Crippen LogP contribution is -2.32. The second kappa shape index (κ2) is 11.8. The van der Waals surface area contributed by atoms with Crippen molar-refractivity contribution in [3.8, 4) is 11.3 Å². The van der Waals surface area contributed by atoms with Crippen LogP contribution in [0.4, 0.5) is 22.0 Å². The number of nitrogens with one attached hydrogen (secondary N) is 3. The van der Waals surface area contributed by atoms with Gasteiger partial charge in [-0.05, 0) is 69.3 Å². The Hall–Kier alpha value is -5.77. The third kappa shape index (κ3) is 6.49. The predicted molar refractivity (Wildman–Crippen MR) is 170 cm³/mol. The zero-order valence-electron chi connectivity index (χ0n) is 24.4. The van der Waals surface area contributed by atoms with Crippen molar-refractivity contribution in [2.24, 2.45) is 0 Å². The SMILES string of the molecule is CC(C)(C)OC(=O)NCc1ccc(C(=O)Nc2ccc(Nc3cc(-c4cccc5c4oc4ccccc45)ncn3)cc2)cn1. The number of para-hydroxylation sites is 2. The molecule has 6 rings (SSSR count). The Bertz CT molecular complexity index is 1960. The van der Waals surface area contributed by atoms with Gasteiger partial charge < -0.3 is 25.1 Å². The van der Waals surface area contributed by atoms with Crippen LogP contribution in [-0.4, -0.2) is 32.6 Å². The summed E-state index contributed by atoms with van der Waals surface area (Å²) in [7, 11) is 0. The minimum Gasteiger partial charge on any atom is -0.455 e. The number of nitrogens with zero attached hydrogens (tertiary/aromatic N) is 3. The van der Waals surface area contributed by atoms with Gasteiger partial charge in [0, 0.05) is 40.0 Å². The summed E-state index contributed by atoms with van der Waals surface area (Å²) in [5.74, 6) is 0.317. The number of fused-ring (bicyclic) bond motifs is 3. The number of hydrogen-bond donors (Lipinski definition) is 3. The van der Waals surface area contributed by atoms with Crippen LogP contribution in [0.2, 0.25) is 0 Å². The van der Waals surface area contributed by atoms with Crippen LogP contribution in [-0.2, 0) is 11.3 Å². The lowest BCUT2D eigenvalue weighted by atomic mass is 10.1. The number of aromatic nitrogens is 3. The summed E-state index contributed by atoms with van der Waals surface area (Å²) in [6.07, 6.45) is 2.45. The molecule has 2 amide bonds. The van der Waals surface area contributed by atoms with E-state index in [0.29, 0.717) is 22.8 Å². The summed E-state index contributed by atoms with van der Waals surface area (Å²) >= 11 is 0. The molecular weight excluding hydrogens is 556 g/mol. The molecule has 10 heteroatoms. The Labute approximate surface area is 253 Å². The van der Waals surface area contributed by atoms with Crippen LogP contribution in [0.3, 0.4) is 0 Å². The number of pyridine rings is 1. The number of carbonyl (C=O) groups is 2. The Morgan fingerprint density at radius 1 is 0.841 bits per heavy atom. The maximum absolute atomic E-state index is 12.8. The van der Waals surface area contributed by atoms with Crippen molar-refractivity contribution in [2.75, 3.05) is 10.6 Å². The van der Waals surface area contributed by atoms with E-state index in [9.17, 15) is 9.59 Å². The van der Waals surface area contributed by atoms with E-state index >= 15 is 0 Å². The Morgan fingerprint density at radius 2 is 1.61 bits per heavy atom. The van der Waals surface area contributed by atoms with E-state index in [1.165, 1.54) is 12.5 Å². The number of rotatable bonds is 7. The molecule has 220 valence electrons. The van der Waals surface area contributed by atoms with E-state index in [1.54, 1.807) is 45.0 Å². The molecule has 3 aromatic carbocycles. The zero-order chi connectivity index (χ0) is 30.7. The first-order valence-corrected chi connectivity index (χ1v) is 14.0. The Kier molecular flexibility index (Phi) is 7.63. The van der Waals surface area contributed by atoms with E-state index in [4.69, 9.17) is 9.15 Å². The number of anilines is 3. The number of alkyl carbamates (subject to hydrolysis) is 1. The van der Waals surface area contributed by atoms with Crippen LogP contribution in [0.5, 0.6) is 0 Å². The summed E-state index contributed by atoms with van der Waals surface area (Å²) in [5.41, 5.74) is 5.04. The molecule has 0 unspecified atom stereocenters. The third-order valence-corrected chi connectivity index (χ3v) is 6.66. The second-order valence-electron chi connectivity index (χ2n) is 11.1. The highest BCUT2D eigenvalue weighted by atomic mass is 16.6. The lowest BCUT2D eigenvalue weighted by Gasteiger charge is -2.19. The molecule has 44 heavy (non-hydrogen) atoms. The van der Waals surface area contributed by atoms with Crippen molar-refractivity contribution in [1.29, 1.82) is 0 Å². The van der Waals surface area contributed by atoms with Crippen molar-refractivity contribution in [3.63, 3.8) is 0 Å². The van der Waals surface area contributed by atoms with Gasteiger partial charge in [-0.1, -0.05) is 30.3 Å². The number of ether oxygens (including phenoxy) is 1. The molecule has 0 aliphatic rings. The van der Waals surface area contributed by atoms with Gasteiger partial charge in [0.05, 0.1) is 23.5 Å². The van der Waals surface area contributed by atoms with Crippen molar-refractivity contribution in [1.82, 2.24) is 20.3 Å². The van der Waals surface area contributed by atoms with Crippen LogP contribution in [0.25, 0.3) is 33.2 Å². The Morgan fingerprint density at radius 3 is 2.39 bits per heavy atom. The Balaban J connectivity index is 1.08. The molecular formula is C34H30N6O4. The van der Waals surface area contributed by atoms with E-state index in [-0.39, 0.29) is 12.5 Å². The number of amides is 2. The van der Waals surface area contributed by atoms with Gasteiger partial charge in [-0.15, -0.1) is 0 Å². The molecule has 10 nitrogen and oxygen atoms in total. The van der Waals surface area contributed by atoms with Crippen LogP contribution >= 0.6 is 0 Å². The summed E-state index contributed by atoms with van der Waals surface area (Å²) in [4.78, 5) is 37.8. The fourth-order valence-electron chi connectivity index (χ4n) is 4.65. The minimum atomic E-state index is -0.584. The summed E-state index contributed by atoms with van der Waals surface area (Å²) < 4.78 is 11.4. The molecule has 6 aromatic rings. The number of carbonyl (C=O) groups excluding carboxylic acids is 2. The lowest BCUT2D eigenvalue weighted by molar-refractivity contribution is 0.0522. The molecule has 3 aromatic heterocycles. The van der Waals surface area contributed by atoms with Gasteiger partial charge in [-0.2, -0.15) is 0 Å². The fraction of sp³-hybridized carbons (Fsp3) is 0.147. The van der Waals surface area contributed by atoms with Gasteiger partial charge in [0.25, 0.3) is 5.91 Å². The quantitative estimate of drug-likeness (QED) is 0.176. The molecule has 0 atom stereocenters. The van der Waals surface area contributed by atoms with Gasteiger partial charge in [-0.25, -0.2) is 14.8 Å². The molecule has 3 heterocycles. The summed E-state index contributed by atoms with van der Waals surface area (Å²) in [6, 6.07) is 26.5. The summed E-state index contributed by atoms with van der Waals surface area (Å²) in [6.45, 7) is 5.57. The predicted octanol–water partition coefficient (Wildman–Crippen LogP) is 7.46. The highest BCUT2D eigenvalue weighted by Gasteiger charge is 2.16. The zero-order valence-corrected chi connectivity index (χ0v) is 24.4. The molecule has 0 spiro atoms. The van der Waals surface area contributed by atoms with Gasteiger partial charge >= 0.3 is 6.09 Å². The topological polar surface area (TPSA) is 131 Å². The second-order valence-corrected chi connectivity index (χ2v) is 11.1. The van der Waals surface area contributed by atoms with Crippen molar-refractivity contribution >= 4 is 51.1 Å². The first-order chi connectivity index (χ1) is 21.2. The minimum absolute atomic E-state index is 0.189. The largest absolute Gasteiger partial charge is 0.455 e. The number of benzene rings is 3. The van der Waals surface area contributed by atoms with Crippen LogP contribution in [0.15, 0.2) is 102 Å². The molecule has 0 saturated heterocycles. The molecule has 0 bridgehead atoms. The van der Waals surface area contributed by atoms with Crippen molar-refractivity contribution in [2.45, 2.75) is 32.9 Å². The number of hydrogen-bond acceptors (Lipinski definition) is 8. The average Bonchev–Trinajstić information content (AvgIpc) is 3.40. The molecule has 0 radical (unpaired) electrons. The van der Waals surface area contributed by atoms with E-state index in [0.717, 1.165) is 38.9 Å². The third-order valence-electron chi connectivity index (χ3n) is 6.66. The first-order valence-electron chi connectivity index (χ1n) is 14.0. The normalized spacial score (nSPS) is 11.3. The highest BCUT2D eigenvalue weighted by Crippen LogP contribution is 2.35. The van der Waals surface area contributed by atoms with Crippen LogP contribution in [0.1, 0.15) is 36.8 Å². The van der Waals surface area contributed by atoms with Gasteiger partial charge in [0.2, 0.25) is 0 Å². The number of furan rings is 1. The van der Waals surface area contributed by atoms with Crippen LogP contribution < -0.4 is 16.0 Å². The first kappa shape index (κ1) is 28.4. The monoisotopic (exact) mass is 586 g/mol. The molecule has 0 aliphatic carbocycles. The molecule has 0 saturated carbocycles. The van der Waals surface area contributed by atoms with E-state index in [2.05, 4.69) is 30.9 Å². The fourth-order valence-corrected chi connectivity index (χ4v) is 4.65. The maximum atomic E-state index is 12.8. The van der Waals surface area contributed by atoms with Crippen molar-refractivity contribution < 1.29 is 18.7 Å². The maximum Gasteiger partial charge on any atom is 0.407 e. The van der Waals surface area contributed by atoms with Crippen molar-refractivity contribution in [3.05, 3.63) is 109 Å². The van der Waals surface area contributed by atoms with Crippen LogP contribution in [0, 0.1) is 0 Å². The molecule has 0 fully saturated rings. The average molecular weight is 587 g/mol. The smallest absolute Gasteiger partial charge is 0.407 e. The van der Waals surface area contributed by atoms with E-state index in [1.807, 2.05) is 60.7 Å². The standard InChI is InChI=1S/C34H30N6O4/c1-34(2,3)44-33(42)36-19-24-12-11-21(18-35-24)32(41)40-23-15-13-22(14-16-23)39-30-17-28(37-20-38-30)27-9-6-8-26-25-7-4-5-10-29(25)43-31(26)27/h4-18,20H,19H2,1-3H3,(H,36,42)(H,40,41)(H,37,38,39). The van der Waals surface area contributed by atoms with E-state index < -0.39 is 11.7 Å². The summed E-state index contributed by atoms with van der Waals surface area (Å²) in [5, 5.41) is 10.9. The molecule has 0 aliphatic heterocycles. The van der Waals surface area contributed by atoms with Gasteiger partial charge in [0.1, 0.15) is 28.9 Å².